The Bertz CT molecular complexity index is 940. The van der Waals surface area contributed by atoms with Crippen molar-refractivity contribution in [1.29, 1.82) is 0 Å². The molecule has 132 valence electrons. The summed E-state index contributed by atoms with van der Waals surface area (Å²) in [4.78, 5) is 47.5. The van der Waals surface area contributed by atoms with Gasteiger partial charge >= 0.3 is 11.7 Å². The number of amides is 2. The summed E-state index contributed by atoms with van der Waals surface area (Å²) in [5.74, 6) is -2.41. The van der Waals surface area contributed by atoms with E-state index in [1.165, 1.54) is 9.13 Å². The number of fused-ring (bicyclic) bond motifs is 1. The fourth-order valence-electron chi connectivity index (χ4n) is 3.38. The molecule has 2 aromatic rings. The topological polar surface area (TPSA) is 110 Å². The molecule has 0 spiro atoms. The maximum absolute atomic E-state index is 12.6. The molecule has 2 atom stereocenters. The van der Waals surface area contributed by atoms with Gasteiger partial charge in [0, 0.05) is 13.5 Å². The lowest BCUT2D eigenvalue weighted by Gasteiger charge is -2.22. The van der Waals surface area contributed by atoms with Crippen LogP contribution >= 0.6 is 0 Å². The van der Waals surface area contributed by atoms with Gasteiger partial charge in [0.2, 0.25) is 11.8 Å². The average molecular weight is 345 g/mol. The van der Waals surface area contributed by atoms with Crippen LogP contribution in [0.5, 0.6) is 0 Å². The van der Waals surface area contributed by atoms with Crippen LogP contribution in [0.4, 0.5) is 0 Å². The predicted molar refractivity (Wildman–Crippen MR) is 89.3 cm³/mol. The minimum absolute atomic E-state index is 0.175. The van der Waals surface area contributed by atoms with Gasteiger partial charge in [-0.2, -0.15) is 0 Å². The van der Waals surface area contributed by atoms with Crippen molar-refractivity contribution in [3.05, 3.63) is 34.2 Å². The molecule has 0 aliphatic carbocycles. The second kappa shape index (κ2) is 6.19. The number of aliphatic carboxylic acids is 1. The molecule has 1 saturated heterocycles. The average Bonchev–Trinajstić information content (AvgIpc) is 2.80. The van der Waals surface area contributed by atoms with E-state index < -0.39 is 23.8 Å². The van der Waals surface area contributed by atoms with E-state index in [-0.39, 0.29) is 24.4 Å². The lowest BCUT2D eigenvalue weighted by molar-refractivity contribution is -0.139. The molecule has 1 aromatic carbocycles. The van der Waals surface area contributed by atoms with Crippen molar-refractivity contribution >= 4 is 28.8 Å². The second-order valence-corrected chi connectivity index (χ2v) is 6.23. The number of hydrogen-bond donors (Lipinski definition) is 2. The van der Waals surface area contributed by atoms with Crippen molar-refractivity contribution in [3.8, 4) is 0 Å². The standard InChI is InChI=1S/C17H19N3O5/c1-3-10(16(23)24)9-4-5-11-13(8-9)19(2)17(25)20(11)12-6-7-14(21)18-15(12)22/h4-5,8,10,12H,3,6-7H2,1-2H3,(H,23,24)(H,18,21,22). The molecule has 8 heteroatoms. The van der Waals surface area contributed by atoms with Crippen LogP contribution in [0.25, 0.3) is 11.0 Å². The molecule has 2 heterocycles. The van der Waals surface area contributed by atoms with Crippen molar-refractivity contribution in [2.24, 2.45) is 7.05 Å². The van der Waals surface area contributed by atoms with Crippen molar-refractivity contribution in [2.45, 2.75) is 38.1 Å². The summed E-state index contributed by atoms with van der Waals surface area (Å²) in [6.45, 7) is 1.79. The van der Waals surface area contributed by atoms with Crippen LogP contribution < -0.4 is 11.0 Å². The monoisotopic (exact) mass is 345 g/mol. The molecule has 8 nitrogen and oxygen atoms in total. The van der Waals surface area contributed by atoms with Gasteiger partial charge in [-0.05, 0) is 30.5 Å². The Morgan fingerprint density at radius 1 is 1.32 bits per heavy atom. The van der Waals surface area contributed by atoms with E-state index in [0.717, 1.165) is 0 Å². The predicted octanol–water partition coefficient (Wildman–Crippen LogP) is 0.896. The van der Waals surface area contributed by atoms with Crippen LogP contribution in [-0.2, 0) is 21.4 Å². The number of hydrogen-bond acceptors (Lipinski definition) is 4. The van der Waals surface area contributed by atoms with Crippen molar-refractivity contribution in [1.82, 2.24) is 14.5 Å². The summed E-state index contributed by atoms with van der Waals surface area (Å²) < 4.78 is 2.78. The zero-order valence-corrected chi connectivity index (χ0v) is 14.0. The third-order valence-electron chi connectivity index (χ3n) is 4.74. The lowest BCUT2D eigenvalue weighted by atomic mass is 9.96. The number of imide groups is 1. The van der Waals surface area contributed by atoms with Gasteiger partial charge in [0.25, 0.3) is 0 Å². The number of benzene rings is 1. The van der Waals surface area contributed by atoms with Crippen molar-refractivity contribution in [2.75, 3.05) is 0 Å². The molecule has 25 heavy (non-hydrogen) atoms. The van der Waals surface area contributed by atoms with Gasteiger partial charge in [0.15, 0.2) is 0 Å². The quantitative estimate of drug-likeness (QED) is 0.800. The summed E-state index contributed by atoms with van der Waals surface area (Å²) in [7, 11) is 1.58. The van der Waals surface area contributed by atoms with Gasteiger partial charge in [-0.25, -0.2) is 4.79 Å². The number of imidazole rings is 1. The molecular weight excluding hydrogens is 326 g/mol. The van der Waals surface area contributed by atoms with Gasteiger partial charge in [-0.3, -0.25) is 28.8 Å². The second-order valence-electron chi connectivity index (χ2n) is 6.23. The molecular formula is C17H19N3O5. The molecule has 0 radical (unpaired) electrons. The van der Waals surface area contributed by atoms with Gasteiger partial charge in [0.05, 0.1) is 17.0 Å². The number of carboxylic acid groups (broad SMARTS) is 1. The highest BCUT2D eigenvalue weighted by atomic mass is 16.4. The van der Waals surface area contributed by atoms with E-state index in [1.807, 2.05) is 0 Å². The van der Waals surface area contributed by atoms with Gasteiger partial charge in [0.1, 0.15) is 6.04 Å². The highest BCUT2D eigenvalue weighted by Gasteiger charge is 2.31. The number of aromatic nitrogens is 2. The number of nitrogens with zero attached hydrogens (tertiary/aromatic N) is 2. The molecule has 1 aliphatic heterocycles. The highest BCUT2D eigenvalue weighted by molar-refractivity contribution is 6.00. The van der Waals surface area contributed by atoms with Crippen LogP contribution in [0.1, 0.15) is 43.7 Å². The fourth-order valence-corrected chi connectivity index (χ4v) is 3.38. The van der Waals surface area contributed by atoms with Crippen LogP contribution in [0, 0.1) is 0 Å². The fraction of sp³-hybridized carbons (Fsp3) is 0.412. The Labute approximate surface area is 143 Å². The molecule has 1 fully saturated rings. The van der Waals surface area contributed by atoms with E-state index in [4.69, 9.17) is 0 Å². The minimum Gasteiger partial charge on any atom is -0.481 e. The summed E-state index contributed by atoms with van der Waals surface area (Å²) in [6, 6.07) is 4.27. The zero-order valence-electron chi connectivity index (χ0n) is 14.0. The van der Waals surface area contributed by atoms with Crippen molar-refractivity contribution < 1.29 is 19.5 Å². The SMILES string of the molecule is CCC(C(=O)O)c1ccc2c(c1)n(C)c(=O)n2C1CCC(=O)NC1=O. The third-order valence-corrected chi connectivity index (χ3v) is 4.74. The number of carbonyl (C=O) groups excluding carboxylic acids is 2. The number of nitrogens with one attached hydrogen (secondary N) is 1. The molecule has 1 aliphatic rings. The van der Waals surface area contributed by atoms with Gasteiger partial charge in [-0.1, -0.05) is 13.0 Å². The Morgan fingerprint density at radius 3 is 2.64 bits per heavy atom. The van der Waals surface area contributed by atoms with Gasteiger partial charge in [-0.15, -0.1) is 0 Å². The van der Waals surface area contributed by atoms with E-state index in [9.17, 15) is 24.3 Å². The van der Waals surface area contributed by atoms with Crippen LogP contribution in [-0.4, -0.2) is 32.0 Å². The first kappa shape index (κ1) is 16.9. The Kier molecular flexibility index (Phi) is 4.20. The first-order valence-electron chi connectivity index (χ1n) is 8.12. The molecule has 0 bridgehead atoms. The maximum atomic E-state index is 12.6. The Hall–Kier alpha value is -2.90. The van der Waals surface area contributed by atoms with E-state index >= 15 is 0 Å². The lowest BCUT2D eigenvalue weighted by Crippen LogP contribution is -2.44. The van der Waals surface area contributed by atoms with Crippen LogP contribution in [0.2, 0.25) is 0 Å². The highest BCUT2D eigenvalue weighted by Crippen LogP contribution is 2.27. The number of rotatable bonds is 4. The molecule has 0 saturated carbocycles. The van der Waals surface area contributed by atoms with Crippen LogP contribution in [0.15, 0.2) is 23.0 Å². The number of carboxylic acids is 1. The van der Waals surface area contributed by atoms with E-state index in [1.54, 1.807) is 32.2 Å². The third kappa shape index (κ3) is 2.73. The largest absolute Gasteiger partial charge is 0.481 e. The summed E-state index contributed by atoms with van der Waals surface area (Å²) in [5, 5.41) is 11.6. The summed E-state index contributed by atoms with van der Waals surface area (Å²) in [6.07, 6.45) is 0.870. The Morgan fingerprint density at radius 2 is 2.04 bits per heavy atom. The minimum atomic E-state index is -0.920. The normalized spacial score (nSPS) is 19.0. The number of carbonyl (C=O) groups is 3. The van der Waals surface area contributed by atoms with Crippen LogP contribution in [0.3, 0.4) is 0 Å². The maximum Gasteiger partial charge on any atom is 0.329 e. The van der Waals surface area contributed by atoms with Gasteiger partial charge < -0.3 is 5.11 Å². The summed E-state index contributed by atoms with van der Waals surface area (Å²) in [5.41, 5.74) is 1.35. The first-order chi connectivity index (χ1) is 11.8. The Balaban J connectivity index is 2.14. The molecule has 2 amide bonds. The molecule has 2 N–H and O–H groups in total. The molecule has 2 unspecified atom stereocenters. The zero-order chi connectivity index (χ0) is 18.3. The van der Waals surface area contributed by atoms with E-state index in [2.05, 4.69) is 5.32 Å². The summed E-state index contributed by atoms with van der Waals surface area (Å²) >= 11 is 0. The first-order valence-corrected chi connectivity index (χ1v) is 8.12. The number of aryl methyl sites for hydroxylation is 1. The number of piperidine rings is 1. The van der Waals surface area contributed by atoms with E-state index in [0.29, 0.717) is 23.0 Å². The molecule has 3 rings (SSSR count). The smallest absolute Gasteiger partial charge is 0.329 e. The van der Waals surface area contributed by atoms with Crippen molar-refractivity contribution in [3.63, 3.8) is 0 Å². The molecule has 1 aromatic heterocycles.